The summed E-state index contributed by atoms with van der Waals surface area (Å²) in [5.74, 6) is -0.389. The van der Waals surface area contributed by atoms with Crippen molar-refractivity contribution >= 4 is 46.0 Å². The van der Waals surface area contributed by atoms with E-state index >= 15 is 0 Å². The van der Waals surface area contributed by atoms with Crippen molar-refractivity contribution in [3.8, 4) is 0 Å². The Morgan fingerprint density at radius 1 is 1.65 bits per heavy atom. The van der Waals surface area contributed by atoms with Crippen LogP contribution >= 0.6 is 33.9 Å². The fourth-order valence-corrected chi connectivity index (χ4v) is 2.15. The highest BCUT2D eigenvalue weighted by atomic mass is 127. The number of halogens is 2. The zero-order valence-corrected chi connectivity index (χ0v) is 11.3. The van der Waals surface area contributed by atoms with Gasteiger partial charge < -0.3 is 0 Å². The molecule has 0 unspecified atom stereocenters. The van der Waals surface area contributed by atoms with E-state index < -0.39 is 0 Å². The Labute approximate surface area is 113 Å². The highest BCUT2D eigenvalue weighted by molar-refractivity contribution is 14.1. The van der Waals surface area contributed by atoms with Gasteiger partial charge in [-0.25, -0.2) is 5.43 Å². The second-order valence-corrected chi connectivity index (χ2v) is 5.16. The molecule has 0 fully saturated rings. The number of hydrazone groups is 1. The minimum absolute atomic E-state index is 0.291. The number of amides is 1. The largest absolute Gasteiger partial charge is 0.290 e. The molecule has 0 saturated carbocycles. The molecule has 0 bridgehead atoms. The molecule has 5 nitrogen and oxygen atoms in total. The second-order valence-electron chi connectivity index (χ2n) is 2.93. The van der Waals surface area contributed by atoms with E-state index in [2.05, 4.69) is 20.7 Å². The van der Waals surface area contributed by atoms with Crippen molar-refractivity contribution in [2.75, 3.05) is 0 Å². The lowest BCUT2D eigenvalue weighted by Crippen LogP contribution is -2.19. The number of carbonyl (C=O) groups is 1. The van der Waals surface area contributed by atoms with Crippen molar-refractivity contribution < 1.29 is 9.18 Å². The van der Waals surface area contributed by atoms with Gasteiger partial charge in [-0.1, -0.05) is 0 Å². The molecule has 0 aromatic carbocycles. The average molecular weight is 364 g/mol. The highest BCUT2D eigenvalue weighted by Gasteiger charge is 2.10. The first kappa shape index (κ1) is 12.2. The van der Waals surface area contributed by atoms with E-state index in [1.54, 1.807) is 6.07 Å². The van der Waals surface area contributed by atoms with Gasteiger partial charge in [-0.3, -0.25) is 9.89 Å². The minimum atomic E-state index is -0.389. The average Bonchev–Trinajstić information content (AvgIpc) is 2.87. The molecule has 0 saturated heterocycles. The van der Waals surface area contributed by atoms with Gasteiger partial charge in [-0.15, -0.1) is 11.3 Å². The van der Waals surface area contributed by atoms with Gasteiger partial charge in [-0.05, 0) is 34.7 Å². The van der Waals surface area contributed by atoms with Crippen LogP contribution in [0, 0.1) is 8.70 Å². The van der Waals surface area contributed by atoms with E-state index in [0.717, 1.165) is 11.3 Å². The Bertz CT molecular complexity index is 565. The van der Waals surface area contributed by atoms with Crippen LogP contribution in [0.15, 0.2) is 23.4 Å². The molecular weight excluding hydrogens is 358 g/mol. The molecule has 2 rings (SSSR count). The van der Waals surface area contributed by atoms with Gasteiger partial charge in [0.15, 0.2) is 5.13 Å². The normalized spacial score (nSPS) is 10.9. The molecule has 0 aliphatic rings. The molecule has 2 N–H and O–H groups in total. The molecule has 0 atom stereocenters. The number of H-pyrrole nitrogens is 1. The number of nitrogens with one attached hydrogen (secondary N) is 2. The number of hydrogen-bond donors (Lipinski definition) is 2. The van der Waals surface area contributed by atoms with Gasteiger partial charge in [0.2, 0.25) is 0 Å². The van der Waals surface area contributed by atoms with Crippen LogP contribution in [0.25, 0.3) is 0 Å². The maximum absolute atomic E-state index is 12.6. The maximum Gasteiger partial charge on any atom is 0.290 e. The van der Waals surface area contributed by atoms with Crippen LogP contribution in [0.5, 0.6) is 0 Å². The first-order valence-electron chi connectivity index (χ1n) is 4.44. The Morgan fingerprint density at radius 3 is 3.06 bits per heavy atom. The number of aromatic nitrogens is 2. The fraction of sp³-hybridized carbons (Fsp3) is 0. The predicted molar refractivity (Wildman–Crippen MR) is 70.6 cm³/mol. The SMILES string of the molecule is O=C(NN=Cc1ccc(F)s1)c1[nH]ncc1I. The Hall–Kier alpha value is -1.29. The number of thiophene rings is 1. The monoisotopic (exact) mass is 364 g/mol. The van der Waals surface area contributed by atoms with Crippen LogP contribution in [0.2, 0.25) is 0 Å². The van der Waals surface area contributed by atoms with E-state index in [9.17, 15) is 9.18 Å². The summed E-state index contributed by atoms with van der Waals surface area (Å²) in [5.41, 5.74) is 2.67. The van der Waals surface area contributed by atoms with Gasteiger partial charge in [0.05, 0.1) is 20.9 Å². The van der Waals surface area contributed by atoms with Crippen LogP contribution in [0.4, 0.5) is 4.39 Å². The first-order chi connectivity index (χ1) is 8.16. The zero-order valence-electron chi connectivity index (χ0n) is 8.28. The van der Waals surface area contributed by atoms with Crippen molar-refractivity contribution in [1.82, 2.24) is 15.6 Å². The summed E-state index contributed by atoms with van der Waals surface area (Å²) < 4.78 is 13.4. The molecule has 1 amide bonds. The van der Waals surface area contributed by atoms with Crippen LogP contribution in [0.3, 0.4) is 0 Å². The second kappa shape index (κ2) is 5.36. The predicted octanol–water partition coefficient (Wildman–Crippen LogP) is 1.98. The smallest absolute Gasteiger partial charge is 0.272 e. The number of hydrogen-bond acceptors (Lipinski definition) is 4. The third-order valence-electron chi connectivity index (χ3n) is 1.77. The standard InChI is InChI=1S/C9H6FIN4OS/c10-7-2-1-5(17-7)3-12-15-9(16)8-6(11)4-13-14-8/h1-4H,(H,13,14)(H,15,16). The van der Waals surface area contributed by atoms with Crippen molar-refractivity contribution in [3.63, 3.8) is 0 Å². The molecule has 0 spiro atoms. The molecule has 0 aliphatic heterocycles. The summed E-state index contributed by atoms with van der Waals surface area (Å²) in [6, 6.07) is 2.92. The quantitative estimate of drug-likeness (QED) is 0.497. The van der Waals surface area contributed by atoms with Gasteiger partial charge in [0.25, 0.3) is 5.91 Å². The Kier molecular flexibility index (Phi) is 3.84. The summed E-state index contributed by atoms with van der Waals surface area (Å²) in [5, 5.41) is 9.71. The molecule has 17 heavy (non-hydrogen) atoms. The Morgan fingerprint density at radius 2 is 2.47 bits per heavy atom. The van der Waals surface area contributed by atoms with E-state index in [1.807, 2.05) is 22.6 Å². The van der Waals surface area contributed by atoms with E-state index in [1.165, 1.54) is 18.5 Å². The number of nitrogens with zero attached hydrogens (tertiary/aromatic N) is 2. The van der Waals surface area contributed by atoms with Gasteiger partial charge in [0, 0.05) is 0 Å². The molecule has 0 aliphatic carbocycles. The molecule has 2 aromatic heterocycles. The minimum Gasteiger partial charge on any atom is -0.272 e. The molecule has 2 heterocycles. The summed E-state index contributed by atoms with van der Waals surface area (Å²) in [6.07, 6.45) is 2.92. The Balaban J connectivity index is 1.97. The fourth-order valence-electron chi connectivity index (χ4n) is 1.04. The van der Waals surface area contributed by atoms with Crippen LogP contribution < -0.4 is 5.43 Å². The highest BCUT2D eigenvalue weighted by Crippen LogP contribution is 2.11. The van der Waals surface area contributed by atoms with Crippen LogP contribution in [-0.4, -0.2) is 22.3 Å². The van der Waals surface area contributed by atoms with Crippen molar-refractivity contribution in [1.29, 1.82) is 0 Å². The molecular formula is C9H6FIN4OS. The topological polar surface area (TPSA) is 70.1 Å². The van der Waals surface area contributed by atoms with E-state index in [-0.39, 0.29) is 11.0 Å². The summed E-state index contributed by atoms with van der Waals surface area (Å²) in [6.45, 7) is 0. The van der Waals surface area contributed by atoms with Crippen molar-refractivity contribution in [3.05, 3.63) is 37.6 Å². The summed E-state index contributed by atoms with van der Waals surface area (Å²) in [4.78, 5) is 12.2. The lowest BCUT2D eigenvalue weighted by molar-refractivity contribution is 0.0949. The number of carbonyl (C=O) groups excluding carboxylic acids is 1. The molecule has 2 aromatic rings. The lowest BCUT2D eigenvalue weighted by Gasteiger charge is -1.95. The number of aromatic amines is 1. The first-order valence-corrected chi connectivity index (χ1v) is 6.34. The van der Waals surface area contributed by atoms with E-state index in [0.29, 0.717) is 14.1 Å². The van der Waals surface area contributed by atoms with Crippen LogP contribution in [0.1, 0.15) is 15.4 Å². The third-order valence-corrected chi connectivity index (χ3v) is 3.40. The maximum atomic E-state index is 12.6. The lowest BCUT2D eigenvalue weighted by atomic mass is 10.4. The van der Waals surface area contributed by atoms with Crippen molar-refractivity contribution in [2.45, 2.75) is 0 Å². The van der Waals surface area contributed by atoms with Gasteiger partial charge >= 0.3 is 0 Å². The van der Waals surface area contributed by atoms with Gasteiger partial charge in [-0.2, -0.15) is 14.6 Å². The summed E-state index contributed by atoms with van der Waals surface area (Å²) in [7, 11) is 0. The molecule has 88 valence electrons. The number of rotatable bonds is 3. The molecule has 8 heteroatoms. The van der Waals surface area contributed by atoms with Crippen molar-refractivity contribution in [2.24, 2.45) is 5.10 Å². The summed E-state index contributed by atoms with van der Waals surface area (Å²) >= 11 is 2.93. The third kappa shape index (κ3) is 3.09. The van der Waals surface area contributed by atoms with Crippen LogP contribution in [-0.2, 0) is 0 Å². The van der Waals surface area contributed by atoms with Gasteiger partial charge in [0.1, 0.15) is 5.69 Å². The zero-order chi connectivity index (χ0) is 12.3. The van der Waals surface area contributed by atoms with E-state index in [4.69, 9.17) is 0 Å². The molecule has 0 radical (unpaired) electrons.